The molecular formula is C6H7AsN2O. The topological polar surface area (TPSA) is 55.1 Å². The number of hydrogen-bond donors (Lipinski definition) is 2. The van der Waals surface area contributed by atoms with E-state index in [0.717, 1.165) is 10.0 Å². The predicted octanol–water partition coefficient (Wildman–Crippen LogP) is -0.353. The van der Waals surface area contributed by atoms with Crippen LogP contribution in [0.15, 0.2) is 24.3 Å². The van der Waals surface area contributed by atoms with Crippen LogP contribution in [0.25, 0.3) is 0 Å². The minimum atomic E-state index is -0.902. The zero-order valence-corrected chi connectivity index (χ0v) is 7.12. The molecule has 1 aromatic rings. The Morgan fingerprint density at radius 1 is 1.30 bits per heavy atom. The summed E-state index contributed by atoms with van der Waals surface area (Å²) < 4.78 is 11.2. The number of anilines is 1. The van der Waals surface area contributed by atoms with E-state index in [-0.39, 0.29) is 0 Å². The molecule has 1 aromatic carbocycles. The first-order valence-corrected chi connectivity index (χ1v) is 4.47. The molecule has 0 unspecified atom stereocenters. The molecule has 0 saturated heterocycles. The quantitative estimate of drug-likeness (QED) is 0.388. The van der Waals surface area contributed by atoms with Gasteiger partial charge in [-0.25, -0.2) is 0 Å². The second-order valence-corrected chi connectivity index (χ2v) is 3.25. The fraction of sp³-hybridized carbons (Fsp3) is 0. The molecule has 0 amide bonds. The van der Waals surface area contributed by atoms with E-state index >= 15 is 0 Å². The Morgan fingerprint density at radius 2 is 1.90 bits per heavy atom. The van der Waals surface area contributed by atoms with Gasteiger partial charge in [-0.05, 0) is 0 Å². The zero-order valence-electron chi connectivity index (χ0n) is 5.24. The van der Waals surface area contributed by atoms with Gasteiger partial charge in [-0.1, -0.05) is 0 Å². The second kappa shape index (κ2) is 3.49. The second-order valence-electron chi connectivity index (χ2n) is 1.78. The first-order valence-electron chi connectivity index (χ1n) is 2.77. The van der Waals surface area contributed by atoms with Crippen molar-refractivity contribution in [1.82, 2.24) is 0 Å². The van der Waals surface area contributed by atoms with Crippen molar-refractivity contribution < 1.29 is 3.74 Å². The van der Waals surface area contributed by atoms with Crippen molar-refractivity contribution in [1.29, 1.82) is 0 Å². The Hall–Kier alpha value is -0.662. The fourth-order valence-corrected chi connectivity index (χ4v) is 1.19. The molecule has 0 fully saturated rings. The molecule has 0 aliphatic rings. The average Bonchev–Trinajstić information content (AvgIpc) is 2.05. The number of benzene rings is 1. The summed E-state index contributed by atoms with van der Waals surface area (Å²) in [5.41, 5.74) is 3.32. The van der Waals surface area contributed by atoms with Gasteiger partial charge in [-0.15, -0.1) is 0 Å². The maximum absolute atomic E-state index is 10.4. The van der Waals surface area contributed by atoms with E-state index in [0.29, 0.717) is 0 Å². The first-order chi connectivity index (χ1) is 4.86. The SMILES string of the molecule is NNc1ccc([As]=O)cc1. The van der Waals surface area contributed by atoms with Crippen LogP contribution in [0.4, 0.5) is 5.69 Å². The molecule has 1 rings (SSSR count). The van der Waals surface area contributed by atoms with E-state index in [1.807, 2.05) is 0 Å². The van der Waals surface area contributed by atoms with Gasteiger partial charge in [0, 0.05) is 0 Å². The monoisotopic (exact) mass is 198 g/mol. The Bertz CT molecular complexity index is 222. The third kappa shape index (κ3) is 1.66. The average molecular weight is 198 g/mol. The van der Waals surface area contributed by atoms with Crippen LogP contribution in [0.5, 0.6) is 0 Å². The van der Waals surface area contributed by atoms with Crippen LogP contribution in [-0.4, -0.2) is 15.7 Å². The van der Waals surface area contributed by atoms with Crippen LogP contribution >= 0.6 is 0 Å². The van der Waals surface area contributed by atoms with Gasteiger partial charge in [0.1, 0.15) is 0 Å². The van der Waals surface area contributed by atoms with Crippen molar-refractivity contribution in [2.45, 2.75) is 0 Å². The molecule has 0 bridgehead atoms. The van der Waals surface area contributed by atoms with Gasteiger partial charge in [-0.2, -0.15) is 0 Å². The van der Waals surface area contributed by atoms with Gasteiger partial charge in [-0.3, -0.25) is 0 Å². The van der Waals surface area contributed by atoms with Crippen molar-refractivity contribution in [3.8, 4) is 0 Å². The van der Waals surface area contributed by atoms with E-state index in [1.165, 1.54) is 0 Å². The van der Waals surface area contributed by atoms with Crippen molar-refractivity contribution in [3.05, 3.63) is 24.3 Å². The number of hydrogen-bond acceptors (Lipinski definition) is 3. The maximum atomic E-state index is 10.4. The van der Waals surface area contributed by atoms with Crippen LogP contribution in [0.3, 0.4) is 0 Å². The van der Waals surface area contributed by atoms with Gasteiger partial charge < -0.3 is 0 Å². The molecule has 0 saturated carbocycles. The summed E-state index contributed by atoms with van der Waals surface area (Å²) in [5.74, 6) is 5.12. The Morgan fingerprint density at radius 3 is 2.30 bits per heavy atom. The van der Waals surface area contributed by atoms with Gasteiger partial charge in [0.05, 0.1) is 0 Å². The summed E-state index contributed by atoms with van der Waals surface area (Å²) in [4.78, 5) is 0. The molecule has 0 radical (unpaired) electrons. The van der Waals surface area contributed by atoms with E-state index < -0.39 is 15.7 Å². The molecule has 3 N–H and O–H groups in total. The first kappa shape index (κ1) is 7.45. The molecule has 10 heavy (non-hydrogen) atoms. The van der Waals surface area contributed by atoms with Crippen molar-refractivity contribution >= 4 is 25.7 Å². The predicted molar refractivity (Wildman–Crippen MR) is 40.3 cm³/mol. The van der Waals surface area contributed by atoms with Crippen LogP contribution in [0.2, 0.25) is 0 Å². The third-order valence-corrected chi connectivity index (χ3v) is 2.21. The van der Waals surface area contributed by atoms with Gasteiger partial charge in [0.25, 0.3) is 0 Å². The van der Waals surface area contributed by atoms with Crippen LogP contribution < -0.4 is 15.6 Å². The molecule has 0 spiro atoms. The number of nitrogens with two attached hydrogens (primary N) is 1. The number of rotatable bonds is 2. The van der Waals surface area contributed by atoms with Crippen molar-refractivity contribution in [2.24, 2.45) is 5.84 Å². The molecule has 0 aliphatic heterocycles. The van der Waals surface area contributed by atoms with Crippen LogP contribution in [0, 0.1) is 0 Å². The summed E-state index contributed by atoms with van der Waals surface area (Å²) in [7, 11) is 0. The number of nitrogen functional groups attached to an aromatic ring is 1. The molecular weight excluding hydrogens is 191 g/mol. The van der Waals surface area contributed by atoms with E-state index in [2.05, 4.69) is 5.43 Å². The molecule has 0 atom stereocenters. The molecule has 3 nitrogen and oxygen atoms in total. The number of nitrogens with one attached hydrogen (secondary N) is 1. The van der Waals surface area contributed by atoms with E-state index in [9.17, 15) is 3.74 Å². The summed E-state index contributed by atoms with van der Waals surface area (Å²) in [6.07, 6.45) is 0. The summed E-state index contributed by atoms with van der Waals surface area (Å²) in [6.45, 7) is 0. The summed E-state index contributed by atoms with van der Waals surface area (Å²) in [5, 5.41) is 0. The van der Waals surface area contributed by atoms with Gasteiger partial charge in [0.15, 0.2) is 0 Å². The standard InChI is InChI=1S/C6H7AsN2O/c8-9-6-3-1-5(7-10)2-4-6/h1-4,9H,8H2. The van der Waals surface area contributed by atoms with E-state index in [4.69, 9.17) is 5.84 Å². The van der Waals surface area contributed by atoms with Crippen LogP contribution in [0.1, 0.15) is 0 Å². The molecule has 52 valence electrons. The zero-order chi connectivity index (χ0) is 7.40. The molecule has 0 aliphatic carbocycles. The number of hydrazine groups is 1. The fourth-order valence-electron chi connectivity index (χ4n) is 0.619. The Kier molecular flexibility index (Phi) is 2.60. The summed E-state index contributed by atoms with van der Waals surface area (Å²) in [6, 6.07) is 7.18. The third-order valence-electron chi connectivity index (χ3n) is 1.14. The molecule has 4 heteroatoms. The van der Waals surface area contributed by atoms with Gasteiger partial charge in [0.2, 0.25) is 0 Å². The van der Waals surface area contributed by atoms with Crippen LogP contribution in [-0.2, 0) is 3.74 Å². The minimum absolute atomic E-state index is 0.832. The molecule has 0 heterocycles. The Balaban J connectivity index is 2.90. The van der Waals surface area contributed by atoms with Gasteiger partial charge >= 0.3 is 65.0 Å². The Labute approximate surface area is 65.5 Å². The van der Waals surface area contributed by atoms with Crippen molar-refractivity contribution in [2.75, 3.05) is 5.43 Å². The normalized spacial score (nSPS) is 9.70. The van der Waals surface area contributed by atoms with E-state index in [1.54, 1.807) is 24.3 Å². The molecule has 0 aromatic heterocycles. The van der Waals surface area contributed by atoms with Crippen molar-refractivity contribution in [3.63, 3.8) is 0 Å². The summed E-state index contributed by atoms with van der Waals surface area (Å²) >= 11 is -0.902.